The molecule has 0 rings (SSSR count). The van der Waals surface area contributed by atoms with Gasteiger partial charge in [-0.3, -0.25) is 4.99 Å². The van der Waals surface area contributed by atoms with E-state index in [-0.39, 0.29) is 0 Å². The lowest BCUT2D eigenvalue weighted by Gasteiger charge is -1.71. The van der Waals surface area contributed by atoms with Crippen LogP contribution in [-0.4, -0.2) is 10.8 Å². The lowest BCUT2D eigenvalue weighted by molar-refractivity contribution is 1.46. The topological polar surface area (TPSA) is 12.4 Å². The third kappa shape index (κ3) is 4.40. The molecule has 30 valence electrons. The molecule has 0 bridgehead atoms. The van der Waals surface area contributed by atoms with E-state index in [2.05, 4.69) is 27.6 Å². The summed E-state index contributed by atoms with van der Waals surface area (Å²) in [5, 5.41) is 0. The van der Waals surface area contributed by atoms with Gasteiger partial charge in [-0.25, -0.2) is 0 Å². The van der Waals surface area contributed by atoms with Gasteiger partial charge in [0, 0.05) is 7.05 Å². The van der Waals surface area contributed by atoms with Crippen LogP contribution in [0.1, 0.15) is 6.92 Å². The van der Waals surface area contributed by atoms with Gasteiger partial charge >= 0.3 is 0 Å². The van der Waals surface area contributed by atoms with Crippen molar-refractivity contribution in [2.45, 2.75) is 6.92 Å². The number of hydrogen-bond acceptors (Lipinski definition) is 1. The van der Waals surface area contributed by atoms with Crippen molar-refractivity contribution in [1.82, 2.24) is 0 Å². The first-order chi connectivity index (χ1) is 2.27. The summed E-state index contributed by atoms with van der Waals surface area (Å²) in [4.78, 5) is 3.79. The monoisotopic (exact) mass is 183 g/mol. The summed E-state index contributed by atoms with van der Waals surface area (Å²) >= 11 is 2.16. The van der Waals surface area contributed by atoms with Crippen molar-refractivity contribution in [3.63, 3.8) is 0 Å². The highest BCUT2D eigenvalue weighted by molar-refractivity contribution is 14.1. The van der Waals surface area contributed by atoms with Gasteiger partial charge in [0.15, 0.2) is 0 Å². The Bertz CT molecular complexity index is 44.9. The Kier molecular flexibility index (Phi) is 2.84. The minimum Gasteiger partial charge on any atom is -0.287 e. The summed E-state index contributed by atoms with van der Waals surface area (Å²) in [7, 11) is 1.78. The molecule has 0 aliphatic rings. The van der Waals surface area contributed by atoms with Crippen LogP contribution < -0.4 is 0 Å². The number of aliphatic imine (C=N–C) groups is 1. The van der Waals surface area contributed by atoms with Gasteiger partial charge in [-0.1, -0.05) is 0 Å². The van der Waals surface area contributed by atoms with Crippen LogP contribution in [0.4, 0.5) is 0 Å². The SMILES string of the molecule is CN=C(C)I. The molecule has 2 heteroatoms. The van der Waals surface area contributed by atoms with E-state index >= 15 is 0 Å². The van der Waals surface area contributed by atoms with Crippen molar-refractivity contribution in [3.05, 3.63) is 0 Å². The summed E-state index contributed by atoms with van der Waals surface area (Å²) in [5.74, 6) is 0. The van der Waals surface area contributed by atoms with E-state index in [1.807, 2.05) is 6.92 Å². The van der Waals surface area contributed by atoms with Gasteiger partial charge in [-0.05, 0) is 29.5 Å². The molecule has 0 aromatic rings. The molecule has 0 aliphatic heterocycles. The first kappa shape index (κ1) is 5.40. The zero-order valence-corrected chi connectivity index (χ0v) is 5.48. The van der Waals surface area contributed by atoms with Gasteiger partial charge < -0.3 is 0 Å². The predicted molar refractivity (Wildman–Crippen MR) is 33.1 cm³/mol. The minimum atomic E-state index is 1.10. The second-order valence-corrected chi connectivity index (χ2v) is 2.28. The lowest BCUT2D eigenvalue weighted by Crippen LogP contribution is -1.66. The van der Waals surface area contributed by atoms with Crippen LogP contribution in [0.3, 0.4) is 0 Å². The summed E-state index contributed by atoms with van der Waals surface area (Å²) in [6.45, 7) is 1.96. The van der Waals surface area contributed by atoms with Gasteiger partial charge in [0.05, 0.1) is 3.72 Å². The van der Waals surface area contributed by atoms with E-state index in [9.17, 15) is 0 Å². The molecule has 0 aliphatic carbocycles. The van der Waals surface area contributed by atoms with Gasteiger partial charge in [0.1, 0.15) is 0 Å². The average Bonchev–Trinajstić information content (AvgIpc) is 1.38. The Morgan fingerprint density at radius 3 is 2.00 bits per heavy atom. The third-order valence-electron chi connectivity index (χ3n) is 0.308. The van der Waals surface area contributed by atoms with E-state index in [4.69, 9.17) is 0 Å². The van der Waals surface area contributed by atoms with Crippen molar-refractivity contribution >= 4 is 26.3 Å². The molecule has 0 heterocycles. The normalized spacial score (nSPS) is 12.2. The molecule has 0 atom stereocenters. The molecule has 5 heavy (non-hydrogen) atoms. The molecule has 0 amide bonds. The molecule has 0 saturated heterocycles. The molecular weight excluding hydrogens is 177 g/mol. The molecular formula is C3H6IN. The Balaban J connectivity index is 3.14. The fourth-order valence-corrected chi connectivity index (χ4v) is 0. The largest absolute Gasteiger partial charge is 0.287 e. The zero-order valence-electron chi connectivity index (χ0n) is 3.33. The van der Waals surface area contributed by atoms with Crippen LogP contribution in [0.25, 0.3) is 0 Å². The second kappa shape index (κ2) is 2.63. The molecule has 0 saturated carbocycles. The summed E-state index contributed by atoms with van der Waals surface area (Å²) < 4.78 is 1.10. The second-order valence-electron chi connectivity index (χ2n) is 0.721. The van der Waals surface area contributed by atoms with Crippen LogP contribution in [0, 0.1) is 0 Å². The molecule has 0 aromatic carbocycles. The Labute approximate surface area is 45.6 Å². The van der Waals surface area contributed by atoms with E-state index in [0.717, 1.165) is 3.72 Å². The van der Waals surface area contributed by atoms with E-state index in [0.29, 0.717) is 0 Å². The summed E-state index contributed by atoms with van der Waals surface area (Å²) in [6, 6.07) is 0. The summed E-state index contributed by atoms with van der Waals surface area (Å²) in [6.07, 6.45) is 0. The van der Waals surface area contributed by atoms with E-state index in [1.54, 1.807) is 7.05 Å². The maximum absolute atomic E-state index is 3.79. The van der Waals surface area contributed by atoms with Crippen molar-refractivity contribution in [2.24, 2.45) is 4.99 Å². The molecule has 0 aromatic heterocycles. The molecule has 0 radical (unpaired) electrons. The lowest BCUT2D eigenvalue weighted by atomic mass is 10.9. The number of hydrogen-bond donors (Lipinski definition) is 0. The van der Waals surface area contributed by atoms with Gasteiger partial charge in [-0.15, -0.1) is 0 Å². The Morgan fingerprint density at radius 2 is 2.00 bits per heavy atom. The Hall–Kier alpha value is 0.400. The molecule has 0 N–H and O–H groups in total. The van der Waals surface area contributed by atoms with Gasteiger partial charge in [-0.2, -0.15) is 0 Å². The average molecular weight is 183 g/mol. The number of nitrogens with zero attached hydrogens (tertiary/aromatic N) is 1. The molecule has 0 unspecified atom stereocenters. The maximum Gasteiger partial charge on any atom is 0.0694 e. The van der Waals surface area contributed by atoms with E-state index in [1.165, 1.54) is 0 Å². The van der Waals surface area contributed by atoms with Crippen LogP contribution in [-0.2, 0) is 0 Å². The minimum absolute atomic E-state index is 1.10. The standard InChI is InChI=1S/C3H6IN/c1-3(4)5-2/h1-2H3. The van der Waals surface area contributed by atoms with Crippen molar-refractivity contribution in [3.8, 4) is 0 Å². The molecule has 0 fully saturated rings. The highest BCUT2D eigenvalue weighted by Gasteiger charge is 1.65. The smallest absolute Gasteiger partial charge is 0.0694 e. The van der Waals surface area contributed by atoms with Crippen LogP contribution in [0.5, 0.6) is 0 Å². The first-order valence-electron chi connectivity index (χ1n) is 1.36. The van der Waals surface area contributed by atoms with Crippen LogP contribution in [0.2, 0.25) is 0 Å². The van der Waals surface area contributed by atoms with Gasteiger partial charge in [0.25, 0.3) is 0 Å². The van der Waals surface area contributed by atoms with Gasteiger partial charge in [0.2, 0.25) is 0 Å². The van der Waals surface area contributed by atoms with Crippen molar-refractivity contribution in [1.29, 1.82) is 0 Å². The van der Waals surface area contributed by atoms with E-state index < -0.39 is 0 Å². The highest BCUT2D eigenvalue weighted by Crippen LogP contribution is 1.82. The van der Waals surface area contributed by atoms with Crippen molar-refractivity contribution < 1.29 is 0 Å². The summed E-state index contributed by atoms with van der Waals surface area (Å²) in [5.41, 5.74) is 0. The number of rotatable bonds is 0. The molecule has 1 nitrogen and oxygen atoms in total. The van der Waals surface area contributed by atoms with Crippen LogP contribution >= 0.6 is 22.6 Å². The fourth-order valence-electron chi connectivity index (χ4n) is 0. The fraction of sp³-hybridized carbons (Fsp3) is 0.667. The van der Waals surface area contributed by atoms with Crippen molar-refractivity contribution in [2.75, 3.05) is 7.05 Å². The maximum atomic E-state index is 3.79. The third-order valence-corrected chi connectivity index (χ3v) is 0.791. The molecule has 0 spiro atoms. The van der Waals surface area contributed by atoms with Crippen LogP contribution in [0.15, 0.2) is 4.99 Å². The quantitative estimate of drug-likeness (QED) is 0.398. The predicted octanol–water partition coefficient (Wildman–Crippen LogP) is 1.47. The highest BCUT2D eigenvalue weighted by atomic mass is 127. The zero-order chi connectivity index (χ0) is 4.28. The Morgan fingerprint density at radius 1 is 1.80 bits per heavy atom. The number of halogens is 1. The first-order valence-corrected chi connectivity index (χ1v) is 2.44.